The van der Waals surface area contributed by atoms with E-state index in [4.69, 9.17) is 20.1 Å². The van der Waals surface area contributed by atoms with Crippen LogP contribution in [-0.2, 0) is 0 Å². The highest BCUT2D eigenvalue weighted by atomic mass is 16.5. The van der Waals surface area contributed by atoms with Gasteiger partial charge in [-0.1, -0.05) is 17.3 Å². The molecule has 0 aliphatic carbocycles. The fourth-order valence-electron chi connectivity index (χ4n) is 1.51. The Kier molecular flexibility index (Phi) is 3.91. The van der Waals surface area contributed by atoms with Crippen LogP contribution in [0, 0.1) is 0 Å². The van der Waals surface area contributed by atoms with Gasteiger partial charge in [0.05, 0.1) is 18.8 Å². The number of hydrogen-bond acceptors (Lipinski definition) is 6. The van der Waals surface area contributed by atoms with Crippen LogP contribution < -0.4 is 10.5 Å². The first kappa shape index (κ1) is 12.5. The summed E-state index contributed by atoms with van der Waals surface area (Å²) in [5.74, 6) is 1.29. The van der Waals surface area contributed by atoms with Crippen molar-refractivity contribution in [1.82, 2.24) is 10.1 Å². The Morgan fingerprint density at radius 1 is 1.44 bits per heavy atom. The Balaban J connectivity index is 2.33. The van der Waals surface area contributed by atoms with Gasteiger partial charge in [0, 0.05) is 0 Å². The predicted octanol–water partition coefficient (Wildman–Crippen LogP) is 1.13. The Morgan fingerprint density at radius 3 is 2.94 bits per heavy atom. The molecule has 1 aromatic heterocycles. The third kappa shape index (κ3) is 2.49. The lowest BCUT2D eigenvalue weighted by Crippen LogP contribution is -2.14. The smallest absolute Gasteiger partial charge is 0.246 e. The monoisotopic (exact) mass is 249 g/mol. The number of aliphatic hydroxyl groups excluding tert-OH is 1. The van der Waals surface area contributed by atoms with Crippen LogP contribution in [0.1, 0.15) is 18.9 Å². The van der Waals surface area contributed by atoms with E-state index in [0.717, 1.165) is 5.56 Å². The summed E-state index contributed by atoms with van der Waals surface area (Å²) in [5, 5.41) is 12.8. The van der Waals surface area contributed by atoms with Crippen LogP contribution in [0.4, 0.5) is 0 Å². The third-order valence-electron chi connectivity index (χ3n) is 2.38. The minimum atomic E-state index is -0.662. The van der Waals surface area contributed by atoms with Gasteiger partial charge in [0.15, 0.2) is 0 Å². The zero-order chi connectivity index (χ0) is 13.0. The highest BCUT2D eigenvalue weighted by Crippen LogP contribution is 2.28. The number of nitrogens with zero attached hydrogens (tertiary/aromatic N) is 2. The van der Waals surface area contributed by atoms with Crippen LogP contribution in [-0.4, -0.2) is 28.5 Å². The Labute approximate surface area is 104 Å². The van der Waals surface area contributed by atoms with Gasteiger partial charge in [0.25, 0.3) is 0 Å². The fraction of sp³-hybridized carbons (Fsp3) is 0.333. The highest BCUT2D eigenvalue weighted by Gasteiger charge is 2.16. The van der Waals surface area contributed by atoms with Crippen LogP contribution in [0.25, 0.3) is 11.4 Å². The van der Waals surface area contributed by atoms with Crippen molar-refractivity contribution in [3.8, 4) is 17.1 Å². The molecule has 0 spiro atoms. The molecule has 0 aliphatic rings. The lowest BCUT2D eigenvalue weighted by atomic mass is 10.2. The van der Waals surface area contributed by atoms with Crippen LogP contribution in [0.3, 0.4) is 0 Å². The molecule has 0 radical (unpaired) electrons. The average molecular weight is 249 g/mol. The zero-order valence-corrected chi connectivity index (χ0v) is 10.0. The third-order valence-corrected chi connectivity index (χ3v) is 2.38. The predicted molar refractivity (Wildman–Crippen MR) is 64.9 cm³/mol. The Hall–Kier alpha value is -1.92. The molecule has 1 unspecified atom stereocenters. The standard InChI is InChI=1S/C12H15N3O3/c1-2-17-10-6-4-3-5-8(10)11-14-12(18-15-11)9(13)7-16/h3-6,9,16H,2,7,13H2,1H3. The van der Waals surface area contributed by atoms with Crippen molar-refractivity contribution in [3.63, 3.8) is 0 Å². The summed E-state index contributed by atoms with van der Waals surface area (Å²) in [7, 11) is 0. The Bertz CT molecular complexity index is 513. The number of nitrogens with two attached hydrogens (primary N) is 1. The molecule has 1 atom stereocenters. The fourth-order valence-corrected chi connectivity index (χ4v) is 1.51. The minimum Gasteiger partial charge on any atom is -0.493 e. The van der Waals surface area contributed by atoms with Gasteiger partial charge < -0.3 is 20.1 Å². The van der Waals surface area contributed by atoms with Crippen LogP contribution in [0.5, 0.6) is 5.75 Å². The number of para-hydroxylation sites is 1. The molecular weight excluding hydrogens is 234 g/mol. The largest absolute Gasteiger partial charge is 0.493 e. The van der Waals surface area contributed by atoms with Gasteiger partial charge in [-0.25, -0.2) is 0 Å². The zero-order valence-electron chi connectivity index (χ0n) is 10.0. The summed E-state index contributed by atoms with van der Waals surface area (Å²) < 4.78 is 10.5. The first-order chi connectivity index (χ1) is 8.76. The maximum atomic E-state index is 8.93. The van der Waals surface area contributed by atoms with Crippen molar-refractivity contribution in [2.75, 3.05) is 13.2 Å². The topological polar surface area (TPSA) is 94.4 Å². The molecule has 3 N–H and O–H groups in total. The molecule has 2 aromatic rings. The van der Waals surface area contributed by atoms with Gasteiger partial charge in [-0.05, 0) is 19.1 Å². The summed E-state index contributed by atoms with van der Waals surface area (Å²) in [4.78, 5) is 4.15. The number of hydrogen-bond donors (Lipinski definition) is 2. The number of aliphatic hydroxyl groups is 1. The van der Waals surface area contributed by atoms with Gasteiger partial charge in [-0.15, -0.1) is 0 Å². The number of aromatic nitrogens is 2. The van der Waals surface area contributed by atoms with Gasteiger partial charge in [0.1, 0.15) is 11.8 Å². The van der Waals surface area contributed by atoms with Crippen molar-refractivity contribution in [2.24, 2.45) is 5.73 Å². The number of benzene rings is 1. The van der Waals surface area contributed by atoms with Crippen molar-refractivity contribution < 1.29 is 14.4 Å². The van der Waals surface area contributed by atoms with Gasteiger partial charge in [0.2, 0.25) is 11.7 Å². The van der Waals surface area contributed by atoms with Crippen LogP contribution >= 0.6 is 0 Å². The Morgan fingerprint density at radius 2 is 2.22 bits per heavy atom. The second-order valence-corrected chi connectivity index (χ2v) is 3.67. The molecule has 6 heteroatoms. The first-order valence-corrected chi connectivity index (χ1v) is 5.68. The quantitative estimate of drug-likeness (QED) is 0.824. The van der Waals surface area contributed by atoms with E-state index in [1.807, 2.05) is 31.2 Å². The van der Waals surface area contributed by atoms with Crippen molar-refractivity contribution in [3.05, 3.63) is 30.2 Å². The summed E-state index contributed by atoms with van der Waals surface area (Å²) in [6.07, 6.45) is 0. The lowest BCUT2D eigenvalue weighted by Gasteiger charge is -2.06. The molecule has 18 heavy (non-hydrogen) atoms. The normalized spacial score (nSPS) is 12.4. The van der Waals surface area contributed by atoms with Crippen molar-refractivity contribution in [1.29, 1.82) is 0 Å². The molecular formula is C12H15N3O3. The number of ether oxygens (including phenoxy) is 1. The van der Waals surface area contributed by atoms with E-state index in [1.165, 1.54) is 0 Å². The maximum absolute atomic E-state index is 8.93. The van der Waals surface area contributed by atoms with Gasteiger partial charge in [-0.3, -0.25) is 0 Å². The van der Waals surface area contributed by atoms with E-state index in [2.05, 4.69) is 10.1 Å². The average Bonchev–Trinajstić information content (AvgIpc) is 2.88. The van der Waals surface area contributed by atoms with Crippen molar-refractivity contribution >= 4 is 0 Å². The molecule has 1 heterocycles. The lowest BCUT2D eigenvalue weighted by molar-refractivity contribution is 0.237. The van der Waals surface area contributed by atoms with Crippen molar-refractivity contribution in [2.45, 2.75) is 13.0 Å². The summed E-state index contributed by atoms with van der Waals surface area (Å²) in [6.45, 7) is 2.22. The van der Waals surface area contributed by atoms with Gasteiger partial charge >= 0.3 is 0 Å². The maximum Gasteiger partial charge on any atom is 0.246 e. The second-order valence-electron chi connectivity index (χ2n) is 3.67. The molecule has 0 aliphatic heterocycles. The molecule has 0 bridgehead atoms. The SMILES string of the molecule is CCOc1ccccc1-c1noc(C(N)CO)n1. The summed E-state index contributed by atoms with van der Waals surface area (Å²) in [5.41, 5.74) is 6.34. The second kappa shape index (κ2) is 5.61. The van der Waals surface area contributed by atoms with E-state index in [-0.39, 0.29) is 12.5 Å². The first-order valence-electron chi connectivity index (χ1n) is 5.68. The van der Waals surface area contributed by atoms with E-state index in [0.29, 0.717) is 18.2 Å². The molecule has 96 valence electrons. The van der Waals surface area contributed by atoms with Crippen LogP contribution in [0.15, 0.2) is 28.8 Å². The summed E-state index contributed by atoms with van der Waals surface area (Å²) in [6, 6.07) is 6.74. The van der Waals surface area contributed by atoms with Crippen LogP contribution in [0.2, 0.25) is 0 Å². The summed E-state index contributed by atoms with van der Waals surface area (Å²) >= 11 is 0. The van der Waals surface area contributed by atoms with E-state index in [9.17, 15) is 0 Å². The van der Waals surface area contributed by atoms with E-state index in [1.54, 1.807) is 0 Å². The molecule has 0 fully saturated rings. The highest BCUT2D eigenvalue weighted by molar-refractivity contribution is 5.63. The molecule has 0 saturated heterocycles. The van der Waals surface area contributed by atoms with E-state index < -0.39 is 6.04 Å². The molecule has 6 nitrogen and oxygen atoms in total. The minimum absolute atomic E-state index is 0.207. The van der Waals surface area contributed by atoms with Gasteiger partial charge in [-0.2, -0.15) is 4.98 Å². The molecule has 0 amide bonds. The molecule has 1 aromatic carbocycles. The van der Waals surface area contributed by atoms with E-state index >= 15 is 0 Å². The molecule has 0 saturated carbocycles. The number of rotatable bonds is 5. The molecule has 2 rings (SSSR count).